The standard InChI is InChI=1S/C17H13F3N6O2/c1-26-8-22-7-12(26)15-24-11(6-13(25-15)17(18,19)20)16(28)23-10-4-2-9(3-5-10)14(21)27/h2-8H,1H3,(H2,21,27)(H,23,28). The number of alkyl halides is 3. The molecule has 3 aromatic rings. The molecule has 1 aromatic carbocycles. The van der Waals surface area contributed by atoms with E-state index in [4.69, 9.17) is 5.73 Å². The predicted octanol–water partition coefficient (Wildman–Crippen LogP) is 2.25. The van der Waals surface area contributed by atoms with Crippen LogP contribution in [0.5, 0.6) is 0 Å². The number of primary amides is 1. The molecule has 0 fully saturated rings. The van der Waals surface area contributed by atoms with Crippen LogP contribution in [-0.4, -0.2) is 31.3 Å². The van der Waals surface area contributed by atoms with Gasteiger partial charge in [-0.05, 0) is 24.3 Å². The Hall–Kier alpha value is -3.76. The summed E-state index contributed by atoms with van der Waals surface area (Å²) in [4.78, 5) is 34.8. The molecule has 0 aliphatic rings. The van der Waals surface area contributed by atoms with Gasteiger partial charge >= 0.3 is 6.18 Å². The first-order valence-electron chi connectivity index (χ1n) is 7.79. The molecule has 2 amide bonds. The minimum Gasteiger partial charge on any atom is -0.366 e. The molecular formula is C17H13F3N6O2. The van der Waals surface area contributed by atoms with Gasteiger partial charge in [0.1, 0.15) is 17.1 Å². The van der Waals surface area contributed by atoms with E-state index in [1.54, 1.807) is 7.05 Å². The van der Waals surface area contributed by atoms with Gasteiger partial charge in [0.25, 0.3) is 5.91 Å². The third kappa shape index (κ3) is 3.98. The number of anilines is 1. The molecule has 0 bridgehead atoms. The van der Waals surface area contributed by atoms with Crippen molar-refractivity contribution in [1.29, 1.82) is 0 Å². The number of aromatic nitrogens is 4. The van der Waals surface area contributed by atoms with E-state index >= 15 is 0 Å². The first-order chi connectivity index (χ1) is 13.1. The van der Waals surface area contributed by atoms with Gasteiger partial charge in [-0.25, -0.2) is 15.0 Å². The van der Waals surface area contributed by atoms with E-state index in [0.29, 0.717) is 6.07 Å². The summed E-state index contributed by atoms with van der Waals surface area (Å²) in [6.45, 7) is 0. The number of carbonyl (C=O) groups excluding carboxylic acids is 2. The summed E-state index contributed by atoms with van der Waals surface area (Å²) in [5.74, 6) is -1.81. The van der Waals surface area contributed by atoms with E-state index in [0.717, 1.165) is 0 Å². The first kappa shape index (κ1) is 19.0. The molecule has 2 heterocycles. The average molecular weight is 390 g/mol. The normalized spacial score (nSPS) is 11.3. The molecule has 0 atom stereocenters. The molecule has 2 aromatic heterocycles. The van der Waals surface area contributed by atoms with Gasteiger partial charge < -0.3 is 15.6 Å². The molecular weight excluding hydrogens is 377 g/mol. The van der Waals surface area contributed by atoms with Crippen LogP contribution in [0.4, 0.5) is 18.9 Å². The highest BCUT2D eigenvalue weighted by atomic mass is 19.4. The van der Waals surface area contributed by atoms with Gasteiger partial charge in [-0.15, -0.1) is 0 Å². The van der Waals surface area contributed by atoms with Gasteiger partial charge in [-0.1, -0.05) is 0 Å². The lowest BCUT2D eigenvalue weighted by atomic mass is 10.2. The highest BCUT2D eigenvalue weighted by Gasteiger charge is 2.34. The molecule has 3 N–H and O–H groups in total. The summed E-state index contributed by atoms with van der Waals surface area (Å²) in [6, 6.07) is 6.10. The first-order valence-corrected chi connectivity index (χ1v) is 7.79. The van der Waals surface area contributed by atoms with Crippen molar-refractivity contribution in [3.05, 3.63) is 59.8 Å². The number of rotatable bonds is 4. The van der Waals surface area contributed by atoms with Gasteiger partial charge in [-0.3, -0.25) is 9.59 Å². The summed E-state index contributed by atoms with van der Waals surface area (Å²) < 4.78 is 41.1. The van der Waals surface area contributed by atoms with Crippen molar-refractivity contribution in [2.45, 2.75) is 6.18 Å². The van der Waals surface area contributed by atoms with Gasteiger partial charge in [0.2, 0.25) is 5.91 Å². The number of aryl methyl sites for hydroxylation is 1. The molecule has 0 aliphatic heterocycles. The molecule has 144 valence electrons. The summed E-state index contributed by atoms with van der Waals surface area (Å²) >= 11 is 0. The largest absolute Gasteiger partial charge is 0.433 e. The number of halogens is 3. The van der Waals surface area contributed by atoms with Crippen molar-refractivity contribution in [2.24, 2.45) is 12.8 Å². The molecule has 8 nitrogen and oxygen atoms in total. The number of nitrogens with one attached hydrogen (secondary N) is 1. The molecule has 0 saturated heterocycles. The lowest BCUT2D eigenvalue weighted by Crippen LogP contribution is -2.18. The fourth-order valence-electron chi connectivity index (χ4n) is 2.31. The number of imidazole rings is 1. The topological polar surface area (TPSA) is 116 Å². The van der Waals surface area contributed by atoms with Crippen LogP contribution in [-0.2, 0) is 13.2 Å². The Morgan fingerprint density at radius 1 is 1.14 bits per heavy atom. The van der Waals surface area contributed by atoms with Crippen LogP contribution in [0.25, 0.3) is 11.5 Å². The number of hydrogen-bond donors (Lipinski definition) is 2. The summed E-state index contributed by atoms with van der Waals surface area (Å²) in [5.41, 5.74) is 4.09. The lowest BCUT2D eigenvalue weighted by Gasteiger charge is -2.11. The zero-order chi connectivity index (χ0) is 20.5. The molecule has 0 radical (unpaired) electrons. The van der Waals surface area contributed by atoms with Crippen molar-refractivity contribution < 1.29 is 22.8 Å². The molecule has 0 spiro atoms. The van der Waals surface area contributed by atoms with Crippen molar-refractivity contribution >= 4 is 17.5 Å². The quantitative estimate of drug-likeness (QED) is 0.709. The smallest absolute Gasteiger partial charge is 0.366 e. The fraction of sp³-hybridized carbons (Fsp3) is 0.118. The van der Waals surface area contributed by atoms with Gasteiger partial charge in [-0.2, -0.15) is 13.2 Å². The highest BCUT2D eigenvalue weighted by molar-refractivity contribution is 6.03. The van der Waals surface area contributed by atoms with E-state index in [2.05, 4.69) is 20.3 Å². The summed E-state index contributed by atoms with van der Waals surface area (Å²) in [7, 11) is 1.56. The Morgan fingerprint density at radius 2 is 1.82 bits per heavy atom. The Morgan fingerprint density at radius 3 is 2.36 bits per heavy atom. The Bertz CT molecular complexity index is 1040. The second kappa shape index (κ2) is 7.10. The van der Waals surface area contributed by atoms with Crippen molar-refractivity contribution in [3.8, 4) is 11.5 Å². The van der Waals surface area contributed by atoms with Crippen molar-refractivity contribution in [2.75, 3.05) is 5.32 Å². The van der Waals surface area contributed by atoms with Crippen molar-refractivity contribution in [1.82, 2.24) is 19.5 Å². The minimum atomic E-state index is -4.77. The number of benzene rings is 1. The van der Waals surface area contributed by atoms with Gasteiger partial charge in [0, 0.05) is 24.4 Å². The zero-order valence-electron chi connectivity index (χ0n) is 14.4. The molecule has 28 heavy (non-hydrogen) atoms. The Balaban J connectivity index is 1.96. The van der Waals surface area contributed by atoms with Crippen LogP contribution in [0, 0.1) is 0 Å². The fourth-order valence-corrected chi connectivity index (χ4v) is 2.31. The maximum absolute atomic E-state index is 13.2. The van der Waals surface area contributed by atoms with E-state index < -0.39 is 29.4 Å². The van der Waals surface area contributed by atoms with E-state index in [-0.39, 0.29) is 22.8 Å². The number of amides is 2. The predicted molar refractivity (Wildman–Crippen MR) is 92.1 cm³/mol. The Labute approximate surface area is 156 Å². The maximum atomic E-state index is 13.2. The van der Waals surface area contributed by atoms with E-state index in [1.165, 1.54) is 41.4 Å². The third-order valence-electron chi connectivity index (χ3n) is 3.72. The number of nitrogens with two attached hydrogens (primary N) is 1. The summed E-state index contributed by atoms with van der Waals surface area (Å²) in [6.07, 6.45) is -2.10. The number of carbonyl (C=O) groups is 2. The second-order valence-corrected chi connectivity index (χ2v) is 5.75. The number of nitrogens with zero attached hydrogens (tertiary/aromatic N) is 4. The van der Waals surface area contributed by atoms with Gasteiger partial charge in [0.15, 0.2) is 5.82 Å². The minimum absolute atomic E-state index is 0.214. The number of hydrogen-bond acceptors (Lipinski definition) is 5. The van der Waals surface area contributed by atoms with Crippen molar-refractivity contribution in [3.63, 3.8) is 0 Å². The molecule has 0 unspecified atom stereocenters. The van der Waals surface area contributed by atoms with Crippen LogP contribution in [0.3, 0.4) is 0 Å². The maximum Gasteiger partial charge on any atom is 0.433 e. The second-order valence-electron chi connectivity index (χ2n) is 5.75. The van der Waals surface area contributed by atoms with Gasteiger partial charge in [0.05, 0.1) is 12.5 Å². The molecule has 11 heteroatoms. The Kier molecular flexibility index (Phi) is 4.82. The highest BCUT2D eigenvalue weighted by Crippen LogP contribution is 2.29. The lowest BCUT2D eigenvalue weighted by molar-refractivity contribution is -0.141. The monoisotopic (exact) mass is 390 g/mol. The average Bonchev–Trinajstić information content (AvgIpc) is 3.07. The van der Waals surface area contributed by atoms with Crippen LogP contribution < -0.4 is 11.1 Å². The summed E-state index contributed by atoms with van der Waals surface area (Å²) in [5, 5.41) is 2.42. The van der Waals surface area contributed by atoms with E-state index in [9.17, 15) is 22.8 Å². The SMILES string of the molecule is Cn1cncc1-c1nc(C(=O)Nc2ccc(C(N)=O)cc2)cc(C(F)(F)F)n1. The van der Waals surface area contributed by atoms with Crippen LogP contribution >= 0.6 is 0 Å². The van der Waals surface area contributed by atoms with E-state index in [1.807, 2.05) is 0 Å². The van der Waals surface area contributed by atoms with Crippen LogP contribution in [0.1, 0.15) is 26.5 Å². The third-order valence-corrected chi connectivity index (χ3v) is 3.72. The zero-order valence-corrected chi connectivity index (χ0v) is 14.4. The molecule has 3 rings (SSSR count). The van der Waals surface area contributed by atoms with Crippen LogP contribution in [0.15, 0.2) is 42.9 Å². The molecule has 0 saturated carbocycles. The molecule has 0 aliphatic carbocycles. The van der Waals surface area contributed by atoms with Crippen LogP contribution in [0.2, 0.25) is 0 Å².